The van der Waals surface area contributed by atoms with Gasteiger partial charge in [-0.1, -0.05) is 5.16 Å². The van der Waals surface area contributed by atoms with Gasteiger partial charge in [0.05, 0.1) is 6.61 Å². The Balaban J connectivity index is 2.40. The van der Waals surface area contributed by atoms with Gasteiger partial charge in [-0.05, 0) is 24.1 Å². The van der Waals surface area contributed by atoms with Crippen molar-refractivity contribution in [3.8, 4) is 0 Å². The highest BCUT2D eigenvalue weighted by molar-refractivity contribution is 5.79. The van der Waals surface area contributed by atoms with Crippen molar-refractivity contribution in [2.75, 3.05) is 33.4 Å². The van der Waals surface area contributed by atoms with Gasteiger partial charge in [-0.15, -0.1) is 0 Å². The van der Waals surface area contributed by atoms with Crippen LogP contribution in [-0.2, 0) is 11.2 Å². The Morgan fingerprint density at radius 1 is 1.37 bits per heavy atom. The topological polar surface area (TPSA) is 84.0 Å². The molecule has 0 spiro atoms. The molecule has 0 unspecified atom stereocenters. The molecule has 0 amide bonds. The lowest BCUT2D eigenvalue weighted by molar-refractivity contribution is 0.150. The summed E-state index contributed by atoms with van der Waals surface area (Å²) in [6.07, 6.45) is 5.09. The Bertz CT molecular complexity index is 370. The molecule has 0 radical (unpaired) electrons. The van der Waals surface area contributed by atoms with E-state index in [1.807, 2.05) is 12.1 Å². The molecule has 0 aromatic carbocycles. The van der Waals surface area contributed by atoms with Crippen molar-refractivity contribution < 1.29 is 9.94 Å². The van der Waals surface area contributed by atoms with E-state index in [2.05, 4.69) is 15.0 Å². The van der Waals surface area contributed by atoms with Crippen LogP contribution in [0.2, 0.25) is 0 Å². The molecule has 0 aliphatic rings. The molecule has 6 heteroatoms. The minimum atomic E-state index is 0.256. The lowest BCUT2D eigenvalue weighted by Gasteiger charge is -2.21. The SMILES string of the molecule is COCCN(CCC(N)=NO)CCc1ccncc1. The van der Waals surface area contributed by atoms with Gasteiger partial charge in [0.1, 0.15) is 5.84 Å². The molecule has 19 heavy (non-hydrogen) atoms. The summed E-state index contributed by atoms with van der Waals surface area (Å²) in [4.78, 5) is 6.24. The summed E-state index contributed by atoms with van der Waals surface area (Å²) in [6.45, 7) is 3.17. The summed E-state index contributed by atoms with van der Waals surface area (Å²) in [6, 6.07) is 4.02. The monoisotopic (exact) mass is 266 g/mol. The third kappa shape index (κ3) is 6.73. The fourth-order valence-corrected chi connectivity index (χ4v) is 1.72. The van der Waals surface area contributed by atoms with Crippen molar-refractivity contribution in [1.82, 2.24) is 9.88 Å². The first-order valence-corrected chi connectivity index (χ1v) is 6.33. The van der Waals surface area contributed by atoms with E-state index >= 15 is 0 Å². The van der Waals surface area contributed by atoms with Gasteiger partial charge in [0.2, 0.25) is 0 Å². The van der Waals surface area contributed by atoms with Gasteiger partial charge in [-0.2, -0.15) is 0 Å². The van der Waals surface area contributed by atoms with Crippen molar-refractivity contribution in [3.63, 3.8) is 0 Å². The molecule has 0 aliphatic heterocycles. The number of rotatable bonds is 9. The maximum atomic E-state index is 8.54. The number of amidine groups is 1. The van der Waals surface area contributed by atoms with Crippen LogP contribution in [0.1, 0.15) is 12.0 Å². The van der Waals surface area contributed by atoms with Crippen LogP contribution in [0.25, 0.3) is 0 Å². The number of aromatic nitrogens is 1. The molecule has 6 nitrogen and oxygen atoms in total. The third-order valence-corrected chi connectivity index (χ3v) is 2.89. The second-order valence-corrected chi connectivity index (χ2v) is 4.28. The predicted octanol–water partition coefficient (Wildman–Crippen LogP) is 0.709. The molecule has 0 atom stereocenters. The second-order valence-electron chi connectivity index (χ2n) is 4.28. The number of methoxy groups -OCH3 is 1. The zero-order valence-electron chi connectivity index (χ0n) is 11.3. The highest BCUT2D eigenvalue weighted by Crippen LogP contribution is 2.01. The fraction of sp³-hybridized carbons (Fsp3) is 0.538. The Morgan fingerprint density at radius 2 is 2.11 bits per heavy atom. The summed E-state index contributed by atoms with van der Waals surface area (Å²) < 4.78 is 5.09. The van der Waals surface area contributed by atoms with Gasteiger partial charge in [0.15, 0.2) is 0 Å². The number of hydrogen-bond donors (Lipinski definition) is 2. The van der Waals surface area contributed by atoms with E-state index in [9.17, 15) is 0 Å². The number of pyridine rings is 1. The second kappa shape index (κ2) is 9.29. The highest BCUT2D eigenvalue weighted by atomic mass is 16.5. The van der Waals surface area contributed by atoms with Crippen LogP contribution in [0.5, 0.6) is 0 Å². The third-order valence-electron chi connectivity index (χ3n) is 2.89. The summed E-state index contributed by atoms with van der Waals surface area (Å²) in [5, 5.41) is 11.5. The van der Waals surface area contributed by atoms with Crippen LogP contribution in [0, 0.1) is 0 Å². The number of nitrogens with zero attached hydrogens (tertiary/aromatic N) is 3. The lowest BCUT2D eigenvalue weighted by Crippen LogP contribution is -2.33. The van der Waals surface area contributed by atoms with Gasteiger partial charge < -0.3 is 20.6 Å². The highest BCUT2D eigenvalue weighted by Gasteiger charge is 2.06. The first kappa shape index (κ1) is 15.4. The van der Waals surface area contributed by atoms with E-state index in [-0.39, 0.29) is 5.84 Å². The Hall–Kier alpha value is -1.66. The predicted molar refractivity (Wildman–Crippen MR) is 74.3 cm³/mol. The summed E-state index contributed by atoms with van der Waals surface area (Å²) in [5.74, 6) is 0.256. The van der Waals surface area contributed by atoms with Gasteiger partial charge in [-0.3, -0.25) is 4.98 Å². The summed E-state index contributed by atoms with van der Waals surface area (Å²) in [5.41, 5.74) is 6.74. The van der Waals surface area contributed by atoms with E-state index in [0.29, 0.717) is 13.0 Å². The van der Waals surface area contributed by atoms with Gasteiger partial charge >= 0.3 is 0 Å². The van der Waals surface area contributed by atoms with E-state index < -0.39 is 0 Å². The molecule has 1 aromatic heterocycles. The van der Waals surface area contributed by atoms with Crippen LogP contribution in [0.15, 0.2) is 29.7 Å². The average molecular weight is 266 g/mol. The summed E-state index contributed by atoms with van der Waals surface area (Å²) >= 11 is 0. The zero-order chi connectivity index (χ0) is 13.9. The Kier molecular flexibility index (Phi) is 7.53. The van der Waals surface area contributed by atoms with Gasteiger partial charge in [0.25, 0.3) is 0 Å². The number of ether oxygens (including phenoxy) is 1. The fourth-order valence-electron chi connectivity index (χ4n) is 1.72. The number of nitrogens with two attached hydrogens (primary N) is 1. The molecule has 0 saturated heterocycles. The Morgan fingerprint density at radius 3 is 2.74 bits per heavy atom. The van der Waals surface area contributed by atoms with Crippen molar-refractivity contribution >= 4 is 5.84 Å². The van der Waals surface area contributed by atoms with E-state index in [1.165, 1.54) is 5.56 Å². The Labute approximate surface area is 113 Å². The molecule has 0 aliphatic carbocycles. The number of oxime groups is 1. The van der Waals surface area contributed by atoms with E-state index in [4.69, 9.17) is 15.7 Å². The van der Waals surface area contributed by atoms with E-state index in [1.54, 1.807) is 19.5 Å². The molecule has 1 aromatic rings. The van der Waals surface area contributed by atoms with Crippen molar-refractivity contribution in [2.45, 2.75) is 12.8 Å². The molecule has 0 bridgehead atoms. The smallest absolute Gasteiger partial charge is 0.140 e. The molecule has 1 heterocycles. The molecule has 106 valence electrons. The standard InChI is InChI=1S/C13H22N4O2/c1-19-11-10-17(9-5-13(14)16-18)8-4-12-2-6-15-7-3-12/h2-3,6-7,18H,4-5,8-11H2,1H3,(H2,14,16). The zero-order valence-corrected chi connectivity index (χ0v) is 11.3. The first-order chi connectivity index (χ1) is 9.26. The van der Waals surface area contributed by atoms with Crippen LogP contribution < -0.4 is 5.73 Å². The molecule has 3 N–H and O–H groups in total. The number of hydrogen-bond acceptors (Lipinski definition) is 5. The van der Waals surface area contributed by atoms with Crippen molar-refractivity contribution in [2.24, 2.45) is 10.9 Å². The lowest BCUT2D eigenvalue weighted by atomic mass is 10.2. The minimum absolute atomic E-state index is 0.256. The normalized spacial score (nSPS) is 12.0. The van der Waals surface area contributed by atoms with Crippen molar-refractivity contribution in [1.29, 1.82) is 0 Å². The maximum absolute atomic E-state index is 8.54. The minimum Gasteiger partial charge on any atom is -0.409 e. The first-order valence-electron chi connectivity index (χ1n) is 6.33. The van der Waals surface area contributed by atoms with Crippen LogP contribution in [0.4, 0.5) is 0 Å². The average Bonchev–Trinajstić information content (AvgIpc) is 2.47. The molecular weight excluding hydrogens is 244 g/mol. The van der Waals surface area contributed by atoms with Gasteiger partial charge in [-0.25, -0.2) is 0 Å². The van der Waals surface area contributed by atoms with E-state index in [0.717, 1.165) is 26.1 Å². The maximum Gasteiger partial charge on any atom is 0.140 e. The molecular formula is C13H22N4O2. The van der Waals surface area contributed by atoms with Crippen LogP contribution in [-0.4, -0.2) is 54.3 Å². The van der Waals surface area contributed by atoms with Crippen LogP contribution >= 0.6 is 0 Å². The van der Waals surface area contributed by atoms with Gasteiger partial charge in [0, 0.05) is 45.6 Å². The van der Waals surface area contributed by atoms with Crippen molar-refractivity contribution in [3.05, 3.63) is 30.1 Å². The summed E-state index contributed by atoms with van der Waals surface area (Å²) in [7, 11) is 1.69. The van der Waals surface area contributed by atoms with Crippen LogP contribution in [0.3, 0.4) is 0 Å². The largest absolute Gasteiger partial charge is 0.409 e. The quantitative estimate of drug-likeness (QED) is 0.298. The molecule has 0 saturated carbocycles. The molecule has 0 fully saturated rings. The molecule has 1 rings (SSSR count).